The summed E-state index contributed by atoms with van der Waals surface area (Å²) in [5.74, 6) is 1.06. The summed E-state index contributed by atoms with van der Waals surface area (Å²) >= 11 is 0. The number of para-hydroxylation sites is 1. The van der Waals surface area contributed by atoms with Crippen molar-refractivity contribution in [2.75, 3.05) is 13.2 Å². The van der Waals surface area contributed by atoms with Crippen LogP contribution in [0, 0.1) is 13.8 Å². The number of quaternary nitrogens is 1. The third-order valence-corrected chi connectivity index (χ3v) is 2.76. The van der Waals surface area contributed by atoms with E-state index in [4.69, 9.17) is 4.74 Å². The first-order valence-corrected chi connectivity index (χ1v) is 6.43. The topological polar surface area (TPSA) is 25.8 Å². The Morgan fingerprint density at radius 3 is 2.24 bits per heavy atom. The van der Waals surface area contributed by atoms with E-state index in [1.165, 1.54) is 11.1 Å². The Labute approximate surface area is 105 Å². The Hall–Kier alpha value is -1.02. The summed E-state index contributed by atoms with van der Waals surface area (Å²) in [5, 5.41) is 2.36. The molecule has 2 N–H and O–H groups in total. The van der Waals surface area contributed by atoms with Gasteiger partial charge in [-0.3, -0.25) is 0 Å². The van der Waals surface area contributed by atoms with E-state index in [1.54, 1.807) is 0 Å². The lowest BCUT2D eigenvalue weighted by Gasteiger charge is -2.17. The van der Waals surface area contributed by atoms with Crippen molar-refractivity contribution in [3.8, 4) is 5.75 Å². The fraction of sp³-hybridized carbons (Fsp3) is 0.600. The molecule has 0 radical (unpaired) electrons. The highest BCUT2D eigenvalue weighted by Crippen LogP contribution is 2.22. The first kappa shape index (κ1) is 14.0. The molecule has 0 fully saturated rings. The molecule has 0 saturated heterocycles. The zero-order valence-corrected chi connectivity index (χ0v) is 11.8. The highest BCUT2D eigenvalue weighted by Gasteiger charge is 2.11. The summed E-state index contributed by atoms with van der Waals surface area (Å²) < 4.78 is 5.86. The van der Waals surface area contributed by atoms with E-state index in [0.717, 1.165) is 25.3 Å². The summed E-state index contributed by atoms with van der Waals surface area (Å²) in [6.45, 7) is 12.8. The predicted molar refractivity (Wildman–Crippen MR) is 72.6 cm³/mol. The van der Waals surface area contributed by atoms with Crippen LogP contribution in [0.5, 0.6) is 5.75 Å². The summed E-state index contributed by atoms with van der Waals surface area (Å²) in [6, 6.07) is 6.28. The Morgan fingerprint density at radius 1 is 1.12 bits per heavy atom. The Balaban J connectivity index is 2.32. The molecule has 1 aromatic carbocycles. The smallest absolute Gasteiger partial charge is 0.125 e. The maximum Gasteiger partial charge on any atom is 0.125 e. The first-order valence-electron chi connectivity index (χ1n) is 6.43. The summed E-state index contributed by atoms with van der Waals surface area (Å²) in [6.07, 6.45) is 1.09. The fourth-order valence-corrected chi connectivity index (χ4v) is 1.82. The van der Waals surface area contributed by atoms with Crippen LogP contribution in [0.2, 0.25) is 0 Å². The lowest BCUT2D eigenvalue weighted by Crippen LogP contribution is -2.94. The van der Waals surface area contributed by atoms with Crippen molar-refractivity contribution in [2.24, 2.45) is 0 Å². The highest BCUT2D eigenvalue weighted by molar-refractivity contribution is 5.39. The number of hydrogen-bond acceptors (Lipinski definition) is 1. The molecule has 1 rings (SSSR count). The van der Waals surface area contributed by atoms with Crippen molar-refractivity contribution in [1.82, 2.24) is 0 Å². The minimum absolute atomic E-state index is 0.318. The molecule has 0 saturated carbocycles. The van der Waals surface area contributed by atoms with E-state index in [1.807, 2.05) is 0 Å². The molecule has 0 aliphatic carbocycles. The van der Waals surface area contributed by atoms with Gasteiger partial charge in [-0.1, -0.05) is 18.2 Å². The lowest BCUT2D eigenvalue weighted by atomic mass is 10.1. The van der Waals surface area contributed by atoms with Gasteiger partial charge in [-0.05, 0) is 45.7 Å². The van der Waals surface area contributed by atoms with Crippen LogP contribution in [0.3, 0.4) is 0 Å². The molecule has 1 aromatic rings. The SMILES string of the molecule is Cc1cccc(C)c1OCCC[NH2+]C(C)(C)C. The van der Waals surface area contributed by atoms with Crippen molar-refractivity contribution in [3.63, 3.8) is 0 Å². The van der Waals surface area contributed by atoms with Gasteiger partial charge < -0.3 is 10.1 Å². The summed E-state index contributed by atoms with van der Waals surface area (Å²) in [5.41, 5.74) is 2.77. The lowest BCUT2D eigenvalue weighted by molar-refractivity contribution is -0.717. The van der Waals surface area contributed by atoms with E-state index in [9.17, 15) is 0 Å². The van der Waals surface area contributed by atoms with Gasteiger partial charge in [-0.25, -0.2) is 0 Å². The molecule has 0 bridgehead atoms. The van der Waals surface area contributed by atoms with Gasteiger partial charge in [-0.2, -0.15) is 0 Å². The molecule has 2 nitrogen and oxygen atoms in total. The van der Waals surface area contributed by atoms with Crippen LogP contribution in [0.15, 0.2) is 18.2 Å². The second-order valence-corrected chi connectivity index (χ2v) is 5.78. The maximum absolute atomic E-state index is 5.86. The predicted octanol–water partition coefficient (Wildman–Crippen LogP) is 2.43. The van der Waals surface area contributed by atoms with Crippen LogP contribution in [0.1, 0.15) is 38.3 Å². The van der Waals surface area contributed by atoms with Crippen LogP contribution < -0.4 is 10.1 Å². The standard InChI is InChI=1S/C15H25NO/c1-12-8-6-9-13(2)14(12)17-11-7-10-16-15(3,4)5/h6,8-9,16H,7,10-11H2,1-5H3/p+1. The second-order valence-electron chi connectivity index (χ2n) is 5.78. The minimum Gasteiger partial charge on any atom is -0.493 e. The van der Waals surface area contributed by atoms with Crippen LogP contribution in [0.4, 0.5) is 0 Å². The van der Waals surface area contributed by atoms with Gasteiger partial charge in [0.2, 0.25) is 0 Å². The number of rotatable bonds is 5. The zero-order chi connectivity index (χ0) is 12.9. The van der Waals surface area contributed by atoms with Crippen LogP contribution in [0.25, 0.3) is 0 Å². The van der Waals surface area contributed by atoms with Gasteiger partial charge in [0.15, 0.2) is 0 Å². The molecular formula is C15H26NO+. The molecule has 0 unspecified atom stereocenters. The molecule has 0 atom stereocenters. The normalized spacial score (nSPS) is 11.6. The number of ether oxygens (including phenoxy) is 1. The zero-order valence-electron chi connectivity index (χ0n) is 11.8. The van der Waals surface area contributed by atoms with Crippen molar-refractivity contribution >= 4 is 0 Å². The highest BCUT2D eigenvalue weighted by atomic mass is 16.5. The largest absolute Gasteiger partial charge is 0.493 e. The van der Waals surface area contributed by atoms with Gasteiger partial charge in [0.05, 0.1) is 18.7 Å². The second kappa shape index (κ2) is 6.06. The van der Waals surface area contributed by atoms with Crippen molar-refractivity contribution < 1.29 is 10.1 Å². The van der Waals surface area contributed by atoms with Gasteiger partial charge >= 0.3 is 0 Å². The summed E-state index contributed by atoms with van der Waals surface area (Å²) in [7, 11) is 0. The van der Waals surface area contributed by atoms with E-state index in [-0.39, 0.29) is 0 Å². The molecule has 2 heteroatoms. The van der Waals surface area contributed by atoms with E-state index in [0.29, 0.717) is 5.54 Å². The van der Waals surface area contributed by atoms with Crippen LogP contribution in [-0.2, 0) is 0 Å². The number of nitrogens with two attached hydrogens (primary N) is 1. The fourth-order valence-electron chi connectivity index (χ4n) is 1.82. The number of hydrogen-bond donors (Lipinski definition) is 1. The number of benzene rings is 1. The minimum atomic E-state index is 0.318. The van der Waals surface area contributed by atoms with E-state index >= 15 is 0 Å². The Kier molecular flexibility index (Phi) is 5.01. The van der Waals surface area contributed by atoms with Gasteiger partial charge in [0.25, 0.3) is 0 Å². The van der Waals surface area contributed by atoms with Crippen LogP contribution in [-0.4, -0.2) is 18.7 Å². The molecule has 0 aromatic heterocycles. The monoisotopic (exact) mass is 236 g/mol. The average molecular weight is 236 g/mol. The molecule has 17 heavy (non-hydrogen) atoms. The van der Waals surface area contributed by atoms with Crippen molar-refractivity contribution in [3.05, 3.63) is 29.3 Å². The maximum atomic E-state index is 5.86. The Bertz CT molecular complexity index is 332. The molecular weight excluding hydrogens is 210 g/mol. The Morgan fingerprint density at radius 2 is 1.71 bits per heavy atom. The van der Waals surface area contributed by atoms with E-state index in [2.05, 4.69) is 58.1 Å². The molecule has 0 heterocycles. The molecule has 0 aliphatic rings. The molecule has 0 amide bonds. The molecule has 0 spiro atoms. The average Bonchev–Trinajstić information content (AvgIpc) is 2.20. The van der Waals surface area contributed by atoms with Crippen LogP contribution >= 0.6 is 0 Å². The van der Waals surface area contributed by atoms with Gasteiger partial charge in [-0.15, -0.1) is 0 Å². The third-order valence-electron chi connectivity index (χ3n) is 2.76. The van der Waals surface area contributed by atoms with Crippen molar-refractivity contribution in [2.45, 2.75) is 46.6 Å². The third kappa shape index (κ3) is 5.22. The number of aryl methyl sites for hydroxylation is 2. The first-order chi connectivity index (χ1) is 7.90. The molecule has 0 aliphatic heterocycles. The van der Waals surface area contributed by atoms with Gasteiger partial charge in [0, 0.05) is 6.42 Å². The van der Waals surface area contributed by atoms with Crippen molar-refractivity contribution in [1.29, 1.82) is 0 Å². The van der Waals surface area contributed by atoms with E-state index < -0.39 is 0 Å². The van der Waals surface area contributed by atoms with Gasteiger partial charge in [0.1, 0.15) is 5.75 Å². The quantitative estimate of drug-likeness (QED) is 0.781. The molecule has 96 valence electrons. The summed E-state index contributed by atoms with van der Waals surface area (Å²) in [4.78, 5) is 0.